The van der Waals surface area contributed by atoms with Crippen molar-refractivity contribution in [3.05, 3.63) is 71.3 Å². The van der Waals surface area contributed by atoms with Crippen LogP contribution in [0.3, 0.4) is 0 Å². The molecule has 3 heteroatoms. The number of likely N-dealkylation sites (N-methyl/N-ethyl adjacent to an activating group) is 1. The first kappa shape index (κ1) is 13.8. The summed E-state index contributed by atoms with van der Waals surface area (Å²) in [4.78, 5) is 14.4. The van der Waals surface area contributed by atoms with Crippen molar-refractivity contribution < 1.29 is 4.79 Å². The van der Waals surface area contributed by atoms with Gasteiger partial charge in [-0.15, -0.1) is 0 Å². The van der Waals surface area contributed by atoms with E-state index >= 15 is 0 Å². The van der Waals surface area contributed by atoms with Gasteiger partial charge in [-0.2, -0.15) is 0 Å². The number of hydrogen-bond acceptors (Lipinski definition) is 2. The molecule has 0 bridgehead atoms. The van der Waals surface area contributed by atoms with Gasteiger partial charge in [-0.05, 0) is 23.1 Å². The van der Waals surface area contributed by atoms with Gasteiger partial charge >= 0.3 is 0 Å². The minimum Gasteiger partial charge on any atom is -0.340 e. The first-order valence-electron chi connectivity index (χ1n) is 7.33. The highest BCUT2D eigenvalue weighted by Gasteiger charge is 2.26. The molecule has 2 aromatic rings. The third kappa shape index (κ3) is 3.14. The molecule has 0 fully saturated rings. The largest absolute Gasteiger partial charge is 0.340 e. The maximum atomic E-state index is 12.6. The van der Waals surface area contributed by atoms with Crippen LogP contribution in [0.15, 0.2) is 54.6 Å². The van der Waals surface area contributed by atoms with E-state index in [9.17, 15) is 4.79 Å². The lowest BCUT2D eigenvalue weighted by Crippen LogP contribution is -2.48. The first-order chi connectivity index (χ1) is 10.2. The second kappa shape index (κ2) is 6.10. The van der Waals surface area contributed by atoms with Crippen LogP contribution in [0.25, 0.3) is 0 Å². The highest BCUT2D eigenvalue weighted by Crippen LogP contribution is 2.17. The molecule has 1 amide bonds. The maximum absolute atomic E-state index is 12.6. The zero-order chi connectivity index (χ0) is 14.7. The third-order valence-corrected chi connectivity index (χ3v) is 4.02. The SMILES string of the molecule is CN(Cc1ccccc1)C(=O)[C@@H]1Cc2ccccc2CN1. The molecule has 0 radical (unpaired) electrons. The quantitative estimate of drug-likeness (QED) is 0.936. The number of nitrogens with one attached hydrogen (secondary N) is 1. The zero-order valence-corrected chi connectivity index (χ0v) is 12.3. The minimum atomic E-state index is -0.117. The maximum Gasteiger partial charge on any atom is 0.240 e. The number of carbonyl (C=O) groups is 1. The van der Waals surface area contributed by atoms with Crippen LogP contribution in [0.1, 0.15) is 16.7 Å². The summed E-state index contributed by atoms with van der Waals surface area (Å²) in [6.07, 6.45) is 0.772. The van der Waals surface area contributed by atoms with E-state index in [1.165, 1.54) is 11.1 Å². The Morgan fingerprint density at radius 1 is 1.10 bits per heavy atom. The van der Waals surface area contributed by atoms with Crippen molar-refractivity contribution in [2.45, 2.75) is 25.6 Å². The van der Waals surface area contributed by atoms with Crippen LogP contribution >= 0.6 is 0 Å². The number of fused-ring (bicyclic) bond motifs is 1. The fraction of sp³-hybridized carbons (Fsp3) is 0.278. The molecule has 3 rings (SSSR count). The van der Waals surface area contributed by atoms with E-state index in [-0.39, 0.29) is 11.9 Å². The van der Waals surface area contributed by atoms with Gasteiger partial charge in [0.05, 0.1) is 6.04 Å². The van der Waals surface area contributed by atoms with E-state index < -0.39 is 0 Å². The summed E-state index contributed by atoms with van der Waals surface area (Å²) in [6.45, 7) is 1.42. The van der Waals surface area contributed by atoms with Crippen molar-refractivity contribution in [2.75, 3.05) is 7.05 Å². The fourth-order valence-electron chi connectivity index (χ4n) is 2.83. The molecule has 0 aromatic heterocycles. The highest BCUT2D eigenvalue weighted by molar-refractivity contribution is 5.82. The summed E-state index contributed by atoms with van der Waals surface area (Å²) < 4.78 is 0. The molecule has 0 saturated carbocycles. The lowest BCUT2D eigenvalue weighted by molar-refractivity contribution is -0.132. The second-order valence-electron chi connectivity index (χ2n) is 5.59. The molecule has 0 spiro atoms. The predicted molar refractivity (Wildman–Crippen MR) is 83.7 cm³/mol. The van der Waals surface area contributed by atoms with Gasteiger partial charge in [0.2, 0.25) is 5.91 Å². The molecule has 1 N–H and O–H groups in total. The van der Waals surface area contributed by atoms with E-state index in [4.69, 9.17) is 0 Å². The molecular weight excluding hydrogens is 260 g/mol. The van der Waals surface area contributed by atoms with Gasteiger partial charge < -0.3 is 10.2 Å². The number of carbonyl (C=O) groups excluding carboxylic acids is 1. The van der Waals surface area contributed by atoms with E-state index in [1.807, 2.05) is 49.5 Å². The second-order valence-corrected chi connectivity index (χ2v) is 5.59. The van der Waals surface area contributed by atoms with Crippen molar-refractivity contribution in [1.29, 1.82) is 0 Å². The number of amides is 1. The van der Waals surface area contributed by atoms with Crippen LogP contribution in [0.4, 0.5) is 0 Å². The molecule has 1 atom stereocenters. The Balaban J connectivity index is 1.66. The van der Waals surface area contributed by atoms with Crippen LogP contribution in [0.5, 0.6) is 0 Å². The number of nitrogens with zero attached hydrogens (tertiary/aromatic N) is 1. The highest BCUT2D eigenvalue weighted by atomic mass is 16.2. The lowest BCUT2D eigenvalue weighted by atomic mass is 9.95. The summed E-state index contributed by atoms with van der Waals surface area (Å²) in [7, 11) is 1.87. The summed E-state index contributed by atoms with van der Waals surface area (Å²) >= 11 is 0. The van der Waals surface area contributed by atoms with Gasteiger partial charge in [0.25, 0.3) is 0 Å². The first-order valence-corrected chi connectivity index (χ1v) is 7.33. The van der Waals surface area contributed by atoms with E-state index in [0.717, 1.165) is 18.5 Å². The molecule has 1 heterocycles. The Labute approximate surface area is 125 Å². The van der Waals surface area contributed by atoms with Crippen LogP contribution in [0.2, 0.25) is 0 Å². The lowest BCUT2D eigenvalue weighted by Gasteiger charge is -2.29. The van der Waals surface area contributed by atoms with Crippen LogP contribution < -0.4 is 5.32 Å². The van der Waals surface area contributed by atoms with E-state index in [0.29, 0.717) is 6.54 Å². The monoisotopic (exact) mass is 280 g/mol. The Kier molecular flexibility index (Phi) is 4.02. The average molecular weight is 280 g/mol. The summed E-state index contributed by atoms with van der Waals surface area (Å²) in [5, 5.41) is 3.35. The molecule has 108 valence electrons. The molecule has 3 nitrogen and oxygen atoms in total. The van der Waals surface area contributed by atoms with Crippen LogP contribution in [-0.2, 0) is 24.3 Å². The summed E-state index contributed by atoms with van der Waals surface area (Å²) in [5.41, 5.74) is 3.74. The van der Waals surface area contributed by atoms with E-state index in [1.54, 1.807) is 4.90 Å². The zero-order valence-electron chi connectivity index (χ0n) is 12.3. The Bertz CT molecular complexity index is 624. The normalized spacial score (nSPS) is 17.1. The standard InChI is InChI=1S/C18H20N2O/c1-20(13-14-7-3-2-4-8-14)18(21)17-11-15-9-5-6-10-16(15)12-19-17/h2-10,17,19H,11-13H2,1H3/t17-/m0/s1. The summed E-state index contributed by atoms with van der Waals surface area (Å²) in [6, 6.07) is 18.3. The molecular formula is C18H20N2O. The van der Waals surface area contributed by atoms with Gasteiger partial charge in [-0.25, -0.2) is 0 Å². The van der Waals surface area contributed by atoms with Gasteiger partial charge in [-0.3, -0.25) is 4.79 Å². The third-order valence-electron chi connectivity index (χ3n) is 4.02. The Hall–Kier alpha value is -2.13. The number of benzene rings is 2. The number of rotatable bonds is 3. The topological polar surface area (TPSA) is 32.3 Å². The van der Waals surface area contributed by atoms with Crippen molar-refractivity contribution in [3.63, 3.8) is 0 Å². The smallest absolute Gasteiger partial charge is 0.240 e. The Morgan fingerprint density at radius 2 is 1.76 bits per heavy atom. The minimum absolute atomic E-state index is 0.117. The van der Waals surface area contributed by atoms with Crippen LogP contribution in [-0.4, -0.2) is 23.9 Å². The predicted octanol–water partition coefficient (Wildman–Crippen LogP) is 2.36. The fourth-order valence-corrected chi connectivity index (χ4v) is 2.83. The summed E-state index contributed by atoms with van der Waals surface area (Å²) in [5.74, 6) is 0.161. The van der Waals surface area contributed by atoms with Gasteiger partial charge in [0.15, 0.2) is 0 Å². The van der Waals surface area contributed by atoms with Gasteiger partial charge in [0, 0.05) is 20.1 Å². The van der Waals surface area contributed by atoms with Gasteiger partial charge in [-0.1, -0.05) is 54.6 Å². The molecule has 21 heavy (non-hydrogen) atoms. The van der Waals surface area contributed by atoms with Crippen molar-refractivity contribution in [1.82, 2.24) is 10.2 Å². The number of hydrogen-bond donors (Lipinski definition) is 1. The Morgan fingerprint density at radius 3 is 2.52 bits per heavy atom. The van der Waals surface area contributed by atoms with E-state index in [2.05, 4.69) is 17.4 Å². The van der Waals surface area contributed by atoms with Crippen molar-refractivity contribution in [3.8, 4) is 0 Å². The average Bonchev–Trinajstić information content (AvgIpc) is 2.54. The molecule has 2 aromatic carbocycles. The molecule has 0 unspecified atom stereocenters. The molecule has 1 aliphatic heterocycles. The van der Waals surface area contributed by atoms with Crippen LogP contribution in [0, 0.1) is 0 Å². The molecule has 0 aliphatic carbocycles. The van der Waals surface area contributed by atoms with Gasteiger partial charge in [0.1, 0.15) is 0 Å². The molecule has 0 saturated heterocycles. The van der Waals surface area contributed by atoms with Crippen molar-refractivity contribution >= 4 is 5.91 Å². The molecule has 1 aliphatic rings. The van der Waals surface area contributed by atoms with Crippen molar-refractivity contribution in [2.24, 2.45) is 0 Å².